The number of piperidine rings is 1. The van der Waals surface area contributed by atoms with Gasteiger partial charge in [0.05, 0.1) is 11.0 Å². The molecule has 2 N–H and O–H groups in total. The molecule has 5 nitrogen and oxygen atoms in total. The van der Waals surface area contributed by atoms with Crippen LogP contribution in [0.25, 0.3) is 0 Å². The largest absolute Gasteiger partial charge is 0.481 e. The number of likely N-dealkylation sites (tertiary alicyclic amines) is 1. The number of carbonyl (C=O) groups excluding carboxylic acids is 1. The molecule has 1 rings (SSSR count). The lowest BCUT2D eigenvalue weighted by Crippen LogP contribution is -2.58. The van der Waals surface area contributed by atoms with Gasteiger partial charge in [0.1, 0.15) is 0 Å². The summed E-state index contributed by atoms with van der Waals surface area (Å²) in [6.45, 7) is 9.01. The Hall–Kier alpha value is -1.10. The van der Waals surface area contributed by atoms with E-state index in [-0.39, 0.29) is 5.91 Å². The van der Waals surface area contributed by atoms with Crippen molar-refractivity contribution in [1.29, 1.82) is 0 Å². The summed E-state index contributed by atoms with van der Waals surface area (Å²) in [6, 6.07) is 0. The summed E-state index contributed by atoms with van der Waals surface area (Å²) in [7, 11) is 0. The number of hydrogen-bond acceptors (Lipinski definition) is 3. The third kappa shape index (κ3) is 3.02. The van der Waals surface area contributed by atoms with Gasteiger partial charge >= 0.3 is 5.97 Å². The Labute approximate surface area is 109 Å². The second kappa shape index (κ2) is 5.26. The number of carboxylic acid groups (broad SMARTS) is 1. The molecule has 1 amide bonds. The van der Waals surface area contributed by atoms with Crippen molar-refractivity contribution >= 4 is 11.9 Å². The van der Waals surface area contributed by atoms with Crippen LogP contribution in [0.1, 0.15) is 40.5 Å². The van der Waals surface area contributed by atoms with Gasteiger partial charge in [-0.1, -0.05) is 6.92 Å². The first-order valence-corrected chi connectivity index (χ1v) is 6.51. The standard InChI is InChI=1S/C13H24N2O3/c1-5-14-12(2,3)10(16)15-8-6-7-13(4,9-15)11(17)18/h14H,5-9H2,1-4H3,(H,17,18). The fraction of sp³-hybridized carbons (Fsp3) is 0.846. The zero-order valence-corrected chi connectivity index (χ0v) is 11.7. The summed E-state index contributed by atoms with van der Waals surface area (Å²) < 4.78 is 0. The van der Waals surface area contributed by atoms with E-state index >= 15 is 0 Å². The summed E-state index contributed by atoms with van der Waals surface area (Å²) in [6.07, 6.45) is 1.38. The average Bonchev–Trinajstić information content (AvgIpc) is 2.27. The molecule has 1 heterocycles. The molecule has 1 aliphatic heterocycles. The summed E-state index contributed by atoms with van der Waals surface area (Å²) in [5, 5.41) is 12.4. The van der Waals surface area contributed by atoms with Crippen LogP contribution in [0.4, 0.5) is 0 Å². The van der Waals surface area contributed by atoms with Crippen LogP contribution in [0.5, 0.6) is 0 Å². The summed E-state index contributed by atoms with van der Waals surface area (Å²) in [5.74, 6) is -0.835. The van der Waals surface area contributed by atoms with Gasteiger partial charge < -0.3 is 15.3 Å². The summed E-state index contributed by atoms with van der Waals surface area (Å²) >= 11 is 0. The van der Waals surface area contributed by atoms with E-state index in [2.05, 4.69) is 5.32 Å². The molecular weight excluding hydrogens is 232 g/mol. The maximum absolute atomic E-state index is 12.4. The van der Waals surface area contributed by atoms with Gasteiger partial charge in [-0.25, -0.2) is 0 Å². The molecule has 1 fully saturated rings. The molecule has 0 spiro atoms. The Balaban J connectivity index is 2.79. The number of amides is 1. The van der Waals surface area contributed by atoms with E-state index in [0.29, 0.717) is 26.1 Å². The molecule has 0 aromatic carbocycles. The maximum atomic E-state index is 12.4. The minimum absolute atomic E-state index is 0.0171. The lowest BCUT2D eigenvalue weighted by atomic mass is 9.81. The van der Waals surface area contributed by atoms with Crippen molar-refractivity contribution in [1.82, 2.24) is 10.2 Å². The van der Waals surface area contributed by atoms with Crippen molar-refractivity contribution in [3.63, 3.8) is 0 Å². The highest BCUT2D eigenvalue weighted by atomic mass is 16.4. The molecule has 0 bridgehead atoms. The number of likely N-dealkylation sites (N-methyl/N-ethyl adjacent to an activating group) is 1. The van der Waals surface area contributed by atoms with Crippen molar-refractivity contribution in [3.05, 3.63) is 0 Å². The van der Waals surface area contributed by atoms with E-state index in [9.17, 15) is 14.7 Å². The zero-order chi connectivity index (χ0) is 14.0. The molecule has 1 aliphatic rings. The van der Waals surface area contributed by atoms with Crippen molar-refractivity contribution in [2.45, 2.75) is 46.1 Å². The molecule has 0 saturated carbocycles. The number of rotatable bonds is 4. The van der Waals surface area contributed by atoms with Gasteiger partial charge in [-0.3, -0.25) is 9.59 Å². The number of nitrogens with zero attached hydrogens (tertiary/aromatic N) is 1. The van der Waals surface area contributed by atoms with E-state index in [4.69, 9.17) is 0 Å². The number of nitrogens with one attached hydrogen (secondary N) is 1. The number of carbonyl (C=O) groups is 2. The molecule has 104 valence electrons. The molecule has 18 heavy (non-hydrogen) atoms. The highest BCUT2D eigenvalue weighted by Gasteiger charge is 2.42. The van der Waals surface area contributed by atoms with Gasteiger partial charge in [0.15, 0.2) is 0 Å². The smallest absolute Gasteiger partial charge is 0.311 e. The third-order valence-electron chi connectivity index (χ3n) is 3.65. The van der Waals surface area contributed by atoms with Gasteiger partial charge in [0.2, 0.25) is 5.91 Å². The normalized spacial score (nSPS) is 25.0. The molecule has 0 aromatic heterocycles. The number of carboxylic acids is 1. The maximum Gasteiger partial charge on any atom is 0.311 e. The van der Waals surface area contributed by atoms with Crippen molar-refractivity contribution in [2.24, 2.45) is 5.41 Å². The predicted molar refractivity (Wildman–Crippen MR) is 69.3 cm³/mol. The molecular formula is C13H24N2O3. The molecule has 1 unspecified atom stereocenters. The SMILES string of the molecule is CCNC(C)(C)C(=O)N1CCCC(C)(C(=O)O)C1. The molecule has 0 radical (unpaired) electrons. The van der Waals surface area contributed by atoms with Gasteiger partial charge in [-0.2, -0.15) is 0 Å². The van der Waals surface area contributed by atoms with Crippen molar-refractivity contribution in [3.8, 4) is 0 Å². The summed E-state index contributed by atoms with van der Waals surface area (Å²) in [4.78, 5) is 25.3. The molecule has 0 aliphatic carbocycles. The van der Waals surface area contributed by atoms with E-state index in [1.165, 1.54) is 0 Å². The van der Waals surface area contributed by atoms with E-state index in [1.54, 1.807) is 11.8 Å². The highest BCUT2D eigenvalue weighted by Crippen LogP contribution is 2.30. The van der Waals surface area contributed by atoms with Crippen molar-refractivity contribution in [2.75, 3.05) is 19.6 Å². The van der Waals surface area contributed by atoms with Crippen LogP contribution < -0.4 is 5.32 Å². The zero-order valence-electron chi connectivity index (χ0n) is 11.7. The predicted octanol–water partition coefficient (Wildman–Crippen LogP) is 1.09. The van der Waals surface area contributed by atoms with Crippen LogP contribution in [0.15, 0.2) is 0 Å². The van der Waals surface area contributed by atoms with Crippen LogP contribution in [0.3, 0.4) is 0 Å². The second-order valence-electron chi connectivity index (χ2n) is 5.85. The van der Waals surface area contributed by atoms with E-state index in [1.807, 2.05) is 20.8 Å². The Morgan fingerprint density at radius 3 is 2.56 bits per heavy atom. The highest BCUT2D eigenvalue weighted by molar-refractivity contribution is 5.86. The first-order valence-electron chi connectivity index (χ1n) is 6.51. The molecule has 0 aromatic rings. The monoisotopic (exact) mass is 256 g/mol. The second-order valence-corrected chi connectivity index (χ2v) is 5.85. The van der Waals surface area contributed by atoms with Gasteiger partial charge in [-0.05, 0) is 40.2 Å². The van der Waals surface area contributed by atoms with E-state index < -0.39 is 16.9 Å². The van der Waals surface area contributed by atoms with Crippen molar-refractivity contribution < 1.29 is 14.7 Å². The Kier molecular flexibility index (Phi) is 4.37. The van der Waals surface area contributed by atoms with E-state index in [0.717, 1.165) is 6.42 Å². The van der Waals surface area contributed by atoms with Crippen LogP contribution in [0, 0.1) is 5.41 Å². The minimum atomic E-state index is -0.818. The molecule has 1 atom stereocenters. The Morgan fingerprint density at radius 1 is 1.44 bits per heavy atom. The minimum Gasteiger partial charge on any atom is -0.481 e. The first kappa shape index (κ1) is 15.0. The van der Waals surface area contributed by atoms with Crippen LogP contribution in [-0.2, 0) is 9.59 Å². The lowest BCUT2D eigenvalue weighted by Gasteiger charge is -2.41. The topological polar surface area (TPSA) is 69.6 Å². The third-order valence-corrected chi connectivity index (χ3v) is 3.65. The summed E-state index contributed by atoms with van der Waals surface area (Å²) in [5.41, 5.74) is -1.44. The fourth-order valence-corrected chi connectivity index (χ4v) is 2.50. The van der Waals surface area contributed by atoms with Gasteiger partial charge in [-0.15, -0.1) is 0 Å². The average molecular weight is 256 g/mol. The van der Waals surface area contributed by atoms with Gasteiger partial charge in [0.25, 0.3) is 0 Å². The first-order chi connectivity index (χ1) is 8.23. The van der Waals surface area contributed by atoms with Crippen LogP contribution >= 0.6 is 0 Å². The quantitative estimate of drug-likeness (QED) is 0.790. The van der Waals surface area contributed by atoms with Crippen LogP contribution in [-0.4, -0.2) is 47.1 Å². The molecule has 1 saturated heterocycles. The fourth-order valence-electron chi connectivity index (χ4n) is 2.50. The number of aliphatic carboxylic acids is 1. The van der Waals surface area contributed by atoms with Gasteiger partial charge in [0, 0.05) is 13.1 Å². The Morgan fingerprint density at radius 2 is 2.06 bits per heavy atom. The molecule has 5 heteroatoms. The Bertz CT molecular complexity index is 341. The van der Waals surface area contributed by atoms with Crippen LogP contribution in [0.2, 0.25) is 0 Å². The number of hydrogen-bond donors (Lipinski definition) is 2. The lowest BCUT2D eigenvalue weighted by molar-refractivity contribution is -0.154.